The van der Waals surface area contributed by atoms with Crippen LogP contribution >= 0.6 is 34.8 Å². The number of pyridine rings is 1. The summed E-state index contributed by atoms with van der Waals surface area (Å²) in [5.41, 5.74) is -0.507. The molecule has 1 fully saturated rings. The van der Waals surface area contributed by atoms with Crippen LogP contribution in [0.1, 0.15) is 43.0 Å². The average molecular weight is 494 g/mol. The van der Waals surface area contributed by atoms with Gasteiger partial charge in [0.1, 0.15) is 17.0 Å². The third-order valence-electron chi connectivity index (χ3n) is 5.92. The van der Waals surface area contributed by atoms with Gasteiger partial charge in [0.05, 0.1) is 15.1 Å². The first-order valence-electron chi connectivity index (χ1n) is 9.93. The number of aromatic nitrogens is 1. The molecule has 3 rings (SSSR count). The zero-order valence-electron chi connectivity index (χ0n) is 17.1. The van der Waals surface area contributed by atoms with E-state index >= 15 is 0 Å². The maximum atomic E-state index is 14.3. The summed E-state index contributed by atoms with van der Waals surface area (Å²) in [5, 5.41) is 0.0195. The number of aryl methyl sites for hydroxylation is 2. The second-order valence-corrected chi connectivity index (χ2v) is 9.00. The maximum absolute atomic E-state index is 14.3. The summed E-state index contributed by atoms with van der Waals surface area (Å²) < 4.78 is 42.9. The van der Waals surface area contributed by atoms with Gasteiger partial charge in [0, 0.05) is 31.6 Å². The fraction of sp³-hybridized carbons (Fsp3) is 0.455. The summed E-state index contributed by atoms with van der Waals surface area (Å²) in [5.74, 6) is 0.638. The Morgan fingerprint density at radius 2 is 1.84 bits per heavy atom. The Balaban J connectivity index is 1.90. The van der Waals surface area contributed by atoms with Gasteiger partial charge in [-0.15, -0.1) is 0 Å². The zero-order chi connectivity index (χ0) is 23.0. The number of benzene rings is 1. The largest absolute Gasteiger partial charge is 0.400 e. The van der Waals surface area contributed by atoms with Gasteiger partial charge in [0.2, 0.25) is 0 Å². The molecule has 2 heterocycles. The van der Waals surface area contributed by atoms with Crippen molar-refractivity contribution >= 4 is 46.4 Å². The van der Waals surface area contributed by atoms with Crippen LogP contribution in [0.2, 0.25) is 15.1 Å². The molecule has 168 valence electrons. The van der Waals surface area contributed by atoms with E-state index in [0.717, 1.165) is 5.56 Å². The molecule has 2 aromatic rings. The van der Waals surface area contributed by atoms with E-state index in [9.17, 15) is 18.0 Å². The third kappa shape index (κ3) is 4.81. The molecule has 1 aliphatic heterocycles. The van der Waals surface area contributed by atoms with Crippen molar-refractivity contribution in [1.82, 2.24) is 4.98 Å². The molecule has 0 amide bonds. The first kappa shape index (κ1) is 24.1. The van der Waals surface area contributed by atoms with Gasteiger partial charge in [-0.1, -0.05) is 47.8 Å². The highest BCUT2D eigenvalue weighted by atomic mass is 35.5. The van der Waals surface area contributed by atoms with Gasteiger partial charge in [-0.25, -0.2) is 4.98 Å². The molecule has 0 aliphatic carbocycles. The number of halogens is 6. The molecule has 1 aliphatic rings. The minimum absolute atomic E-state index is 0.00619. The first-order chi connectivity index (χ1) is 14.5. The lowest BCUT2D eigenvalue weighted by atomic mass is 9.79. The molecule has 1 unspecified atom stereocenters. The fourth-order valence-electron chi connectivity index (χ4n) is 3.94. The van der Waals surface area contributed by atoms with Crippen LogP contribution in [0.25, 0.3) is 0 Å². The monoisotopic (exact) mass is 492 g/mol. The highest BCUT2D eigenvalue weighted by Crippen LogP contribution is 2.50. The van der Waals surface area contributed by atoms with Crippen LogP contribution in [-0.4, -0.2) is 30.0 Å². The van der Waals surface area contributed by atoms with Crippen LogP contribution < -0.4 is 4.90 Å². The molecule has 0 bridgehead atoms. The second kappa shape index (κ2) is 9.16. The van der Waals surface area contributed by atoms with Gasteiger partial charge < -0.3 is 4.90 Å². The number of anilines is 1. The predicted molar refractivity (Wildman–Crippen MR) is 119 cm³/mol. The van der Waals surface area contributed by atoms with Gasteiger partial charge in [-0.2, -0.15) is 13.2 Å². The number of nitrogens with zero attached hydrogens (tertiary/aromatic N) is 2. The Morgan fingerprint density at radius 3 is 2.39 bits per heavy atom. The topological polar surface area (TPSA) is 33.2 Å². The molecule has 0 saturated carbocycles. The number of rotatable bonds is 6. The predicted octanol–water partition coefficient (Wildman–Crippen LogP) is 6.97. The Morgan fingerprint density at radius 1 is 1.19 bits per heavy atom. The summed E-state index contributed by atoms with van der Waals surface area (Å²) in [4.78, 5) is 17.7. The lowest BCUT2D eigenvalue weighted by molar-refractivity contribution is -0.184. The van der Waals surface area contributed by atoms with Crippen molar-refractivity contribution in [3.8, 4) is 0 Å². The van der Waals surface area contributed by atoms with E-state index in [2.05, 4.69) is 4.98 Å². The van der Waals surface area contributed by atoms with Gasteiger partial charge in [0.15, 0.2) is 0 Å². The lowest BCUT2D eigenvalue weighted by Crippen LogP contribution is -2.45. The molecule has 9 heteroatoms. The Kier molecular flexibility index (Phi) is 7.14. The van der Waals surface area contributed by atoms with E-state index in [0.29, 0.717) is 30.8 Å². The van der Waals surface area contributed by atoms with Crippen molar-refractivity contribution in [3.63, 3.8) is 0 Å². The van der Waals surface area contributed by atoms with Gasteiger partial charge in [-0.05, 0) is 49.1 Å². The van der Waals surface area contributed by atoms with E-state index < -0.39 is 11.6 Å². The summed E-state index contributed by atoms with van der Waals surface area (Å²) in [6, 6.07) is 6.05. The Labute approximate surface area is 194 Å². The lowest BCUT2D eigenvalue weighted by Gasteiger charge is -2.33. The molecule has 0 N–H and O–H groups in total. The van der Waals surface area contributed by atoms with Crippen LogP contribution in [0.3, 0.4) is 0 Å². The standard InChI is InChI=1S/C22H22Cl3F3N2O/c1-3-16(31)6-4-14-5-7-19(29-13(14)2)30-9-8-21(12-30,22(26,27)28)15-10-17(23)20(25)18(24)11-15/h5,7,10-11H,3-4,6,8-9,12H2,1-2H3. The average Bonchev–Trinajstić information content (AvgIpc) is 3.17. The van der Waals surface area contributed by atoms with E-state index in [1.807, 2.05) is 13.0 Å². The second-order valence-electron chi connectivity index (χ2n) is 7.81. The summed E-state index contributed by atoms with van der Waals surface area (Å²) >= 11 is 18.0. The molecule has 0 radical (unpaired) electrons. The number of Topliss-reactive ketones (excluding diaryl/α,β-unsaturated/α-hetero) is 1. The van der Waals surface area contributed by atoms with Gasteiger partial charge >= 0.3 is 6.18 Å². The molecule has 1 aromatic heterocycles. The Hall–Kier alpha value is -1.50. The van der Waals surface area contributed by atoms with Crippen molar-refractivity contribution in [2.24, 2.45) is 0 Å². The molecule has 1 atom stereocenters. The molecular formula is C22H22Cl3F3N2O. The third-order valence-corrected chi connectivity index (χ3v) is 7.12. The summed E-state index contributed by atoms with van der Waals surface area (Å²) in [6.45, 7) is 3.50. The van der Waals surface area contributed by atoms with Gasteiger partial charge in [0.25, 0.3) is 0 Å². The van der Waals surface area contributed by atoms with Gasteiger partial charge in [-0.3, -0.25) is 4.79 Å². The van der Waals surface area contributed by atoms with E-state index in [1.165, 1.54) is 12.1 Å². The number of hydrogen-bond donors (Lipinski definition) is 0. The van der Waals surface area contributed by atoms with Crippen molar-refractivity contribution in [3.05, 3.63) is 56.2 Å². The fourth-order valence-corrected chi connectivity index (χ4v) is 4.53. The highest BCUT2D eigenvalue weighted by Gasteiger charge is 2.59. The van der Waals surface area contributed by atoms with Crippen LogP contribution in [-0.2, 0) is 16.6 Å². The number of carbonyl (C=O) groups excluding carboxylic acids is 1. The first-order valence-corrected chi connectivity index (χ1v) is 11.1. The molecule has 31 heavy (non-hydrogen) atoms. The quantitative estimate of drug-likeness (QED) is 0.407. The minimum Gasteiger partial charge on any atom is -0.355 e. The number of alkyl halides is 3. The van der Waals surface area contributed by atoms with Crippen LogP contribution in [0, 0.1) is 6.92 Å². The number of hydrogen-bond acceptors (Lipinski definition) is 3. The smallest absolute Gasteiger partial charge is 0.355 e. The van der Waals surface area contributed by atoms with Crippen LogP contribution in [0.4, 0.5) is 19.0 Å². The number of carbonyl (C=O) groups is 1. The van der Waals surface area contributed by atoms with Crippen molar-refractivity contribution in [2.45, 2.75) is 51.1 Å². The van der Waals surface area contributed by atoms with Crippen molar-refractivity contribution in [2.75, 3.05) is 18.0 Å². The van der Waals surface area contributed by atoms with Crippen LogP contribution in [0.15, 0.2) is 24.3 Å². The van der Waals surface area contributed by atoms with Crippen molar-refractivity contribution < 1.29 is 18.0 Å². The zero-order valence-corrected chi connectivity index (χ0v) is 19.4. The maximum Gasteiger partial charge on any atom is 0.400 e. The minimum atomic E-state index is -4.52. The molecule has 1 saturated heterocycles. The highest BCUT2D eigenvalue weighted by molar-refractivity contribution is 6.48. The van der Waals surface area contributed by atoms with E-state index in [4.69, 9.17) is 34.8 Å². The molecular weight excluding hydrogens is 472 g/mol. The molecule has 3 nitrogen and oxygen atoms in total. The van der Waals surface area contributed by atoms with Crippen LogP contribution in [0.5, 0.6) is 0 Å². The molecule has 0 spiro atoms. The Bertz CT molecular complexity index is 973. The summed E-state index contributed by atoms with van der Waals surface area (Å²) in [6.07, 6.45) is -3.19. The SMILES string of the molecule is CCC(=O)CCc1ccc(N2CCC(c3cc(Cl)c(Cl)c(Cl)c3)(C(F)(F)F)C2)nc1C. The van der Waals surface area contributed by atoms with Crippen molar-refractivity contribution in [1.29, 1.82) is 0 Å². The molecule has 1 aromatic carbocycles. The normalized spacial score (nSPS) is 19.2. The number of ketones is 1. The summed E-state index contributed by atoms with van der Waals surface area (Å²) in [7, 11) is 0. The van der Waals surface area contributed by atoms with E-state index in [-0.39, 0.29) is 45.9 Å². The van der Waals surface area contributed by atoms with E-state index in [1.54, 1.807) is 17.9 Å².